The second kappa shape index (κ2) is 9.52. The van der Waals surface area contributed by atoms with Crippen molar-refractivity contribution in [2.24, 2.45) is 11.8 Å². The highest BCUT2D eigenvalue weighted by molar-refractivity contribution is 6.62. The Morgan fingerprint density at radius 1 is 0.739 bits per heavy atom. The molecule has 2 aliphatic carbocycles. The summed E-state index contributed by atoms with van der Waals surface area (Å²) >= 11 is 0. The second-order valence-corrected chi connectivity index (χ2v) is 9.57. The summed E-state index contributed by atoms with van der Waals surface area (Å²) in [5.74, 6) is 1.55. The van der Waals surface area contributed by atoms with Crippen molar-refractivity contribution in [2.45, 2.75) is 91.1 Å². The lowest BCUT2D eigenvalue weighted by Crippen LogP contribution is -2.72. The van der Waals surface area contributed by atoms with Gasteiger partial charge in [-0.2, -0.15) is 0 Å². The zero-order valence-corrected chi connectivity index (χ0v) is 16.7. The van der Waals surface area contributed by atoms with Gasteiger partial charge in [0, 0.05) is 25.3 Å². The summed E-state index contributed by atoms with van der Waals surface area (Å²) in [6, 6.07) is 1.11. The Hall–Kier alpha value is 0.0569. The second-order valence-electron chi connectivity index (χ2n) is 7.18. The topological polar surface area (TPSA) is 42.5 Å². The monoisotopic (exact) mass is 342 g/mol. The predicted molar refractivity (Wildman–Crippen MR) is 98.1 cm³/mol. The van der Waals surface area contributed by atoms with Crippen LogP contribution in [0, 0.1) is 11.8 Å². The zero-order chi connectivity index (χ0) is 16.7. The molecule has 0 heterocycles. The van der Waals surface area contributed by atoms with E-state index in [1.54, 1.807) is 0 Å². The van der Waals surface area contributed by atoms with Crippen LogP contribution < -0.4 is 9.96 Å². The van der Waals surface area contributed by atoms with Crippen LogP contribution >= 0.6 is 0 Å². The van der Waals surface area contributed by atoms with Crippen LogP contribution in [0.3, 0.4) is 0 Å². The molecule has 2 fully saturated rings. The Bertz CT molecular complexity index is 311. The molecule has 0 aromatic heterocycles. The van der Waals surface area contributed by atoms with Crippen molar-refractivity contribution in [3.05, 3.63) is 0 Å². The normalized spacial score (nSPS) is 31.8. The van der Waals surface area contributed by atoms with Gasteiger partial charge in [-0.1, -0.05) is 39.5 Å². The van der Waals surface area contributed by atoms with Gasteiger partial charge in [0.1, 0.15) is 0 Å². The number of rotatable bonds is 10. The molecule has 4 atom stereocenters. The largest absolute Gasteiger partial charge is 0.517 e. The van der Waals surface area contributed by atoms with Crippen LogP contribution in [0.4, 0.5) is 0 Å². The first-order valence-electron chi connectivity index (χ1n) is 10.0. The molecule has 0 amide bonds. The summed E-state index contributed by atoms with van der Waals surface area (Å²) in [7, 11) is -2.54. The zero-order valence-electron chi connectivity index (χ0n) is 15.7. The van der Waals surface area contributed by atoms with Crippen molar-refractivity contribution in [3.63, 3.8) is 0 Å². The maximum atomic E-state index is 6.27. The Balaban J connectivity index is 2.09. The van der Waals surface area contributed by atoms with E-state index < -0.39 is 8.88 Å². The molecule has 2 saturated carbocycles. The highest BCUT2D eigenvalue weighted by atomic mass is 28.4. The van der Waals surface area contributed by atoms with Crippen LogP contribution in [0.2, 0.25) is 0 Å². The molecule has 0 saturated heterocycles. The first kappa shape index (κ1) is 19.4. The molecule has 5 heteroatoms. The van der Waals surface area contributed by atoms with Crippen LogP contribution in [-0.2, 0) is 8.85 Å². The van der Waals surface area contributed by atoms with Crippen molar-refractivity contribution in [2.75, 3.05) is 13.2 Å². The molecular formula is C18H38N2O2Si. The van der Waals surface area contributed by atoms with E-state index in [1.165, 1.54) is 51.4 Å². The number of hydrogen-bond acceptors (Lipinski definition) is 4. The standard InChI is InChI=1S/C18H38N2O2Si/c1-5-15-11-9-13-17(15)19-23(21-7-3,22-8-4)20-18-14-10-12-16(18)6-2/h15-20H,5-14H2,1-4H3. The van der Waals surface area contributed by atoms with Crippen molar-refractivity contribution < 1.29 is 8.85 Å². The maximum Gasteiger partial charge on any atom is 0.517 e. The van der Waals surface area contributed by atoms with Gasteiger partial charge in [-0.15, -0.1) is 0 Å². The Labute approximate surface area is 144 Å². The molecule has 23 heavy (non-hydrogen) atoms. The molecule has 2 rings (SSSR count). The minimum atomic E-state index is -2.54. The summed E-state index contributed by atoms with van der Waals surface area (Å²) in [5.41, 5.74) is 0. The molecule has 0 aromatic carbocycles. The van der Waals surface area contributed by atoms with Gasteiger partial charge in [0.2, 0.25) is 0 Å². The third kappa shape index (κ3) is 5.02. The fourth-order valence-electron chi connectivity index (χ4n) is 4.58. The third-order valence-corrected chi connectivity index (χ3v) is 8.71. The lowest BCUT2D eigenvalue weighted by molar-refractivity contribution is 0.142. The van der Waals surface area contributed by atoms with Gasteiger partial charge in [-0.3, -0.25) is 9.96 Å². The van der Waals surface area contributed by atoms with E-state index in [2.05, 4.69) is 37.7 Å². The molecule has 4 nitrogen and oxygen atoms in total. The van der Waals surface area contributed by atoms with Crippen molar-refractivity contribution in [1.29, 1.82) is 0 Å². The summed E-state index contributed by atoms with van der Waals surface area (Å²) in [6.07, 6.45) is 10.4. The van der Waals surface area contributed by atoms with Crippen molar-refractivity contribution in [1.82, 2.24) is 9.96 Å². The molecular weight excluding hydrogens is 304 g/mol. The van der Waals surface area contributed by atoms with E-state index in [0.29, 0.717) is 25.3 Å². The van der Waals surface area contributed by atoms with Crippen LogP contribution in [0.1, 0.15) is 79.1 Å². The van der Waals surface area contributed by atoms with E-state index in [9.17, 15) is 0 Å². The van der Waals surface area contributed by atoms with Gasteiger partial charge in [0.05, 0.1) is 0 Å². The van der Waals surface area contributed by atoms with E-state index in [1.807, 2.05) is 0 Å². The fraction of sp³-hybridized carbons (Fsp3) is 1.00. The SMILES string of the molecule is CCO[Si](NC1CCCC1CC)(NC1CCCC1CC)OCC. The van der Waals surface area contributed by atoms with E-state index in [-0.39, 0.29) is 0 Å². The lowest BCUT2D eigenvalue weighted by atomic mass is 10.0. The highest BCUT2D eigenvalue weighted by Gasteiger charge is 2.46. The quantitative estimate of drug-likeness (QED) is 0.592. The highest BCUT2D eigenvalue weighted by Crippen LogP contribution is 2.31. The van der Waals surface area contributed by atoms with Gasteiger partial charge in [0.15, 0.2) is 0 Å². The van der Waals surface area contributed by atoms with Crippen LogP contribution in [0.25, 0.3) is 0 Å². The van der Waals surface area contributed by atoms with Crippen LogP contribution in [0.15, 0.2) is 0 Å². The van der Waals surface area contributed by atoms with Crippen molar-refractivity contribution >= 4 is 8.88 Å². The lowest BCUT2D eigenvalue weighted by Gasteiger charge is -2.37. The molecule has 4 unspecified atom stereocenters. The molecule has 136 valence electrons. The smallest absolute Gasteiger partial charge is 0.371 e. The average Bonchev–Trinajstić information content (AvgIpc) is 3.16. The van der Waals surface area contributed by atoms with Crippen LogP contribution in [-0.4, -0.2) is 34.2 Å². The first-order chi connectivity index (χ1) is 11.2. The Morgan fingerprint density at radius 2 is 1.17 bits per heavy atom. The molecule has 0 spiro atoms. The van der Waals surface area contributed by atoms with Gasteiger partial charge in [0.25, 0.3) is 0 Å². The minimum Gasteiger partial charge on any atom is -0.371 e. The van der Waals surface area contributed by atoms with Crippen LogP contribution in [0.5, 0.6) is 0 Å². The average molecular weight is 343 g/mol. The van der Waals surface area contributed by atoms with Gasteiger partial charge in [-0.25, -0.2) is 0 Å². The number of nitrogens with one attached hydrogen (secondary N) is 2. The number of hydrogen-bond donors (Lipinski definition) is 2. The predicted octanol–water partition coefficient (Wildman–Crippen LogP) is 3.83. The Morgan fingerprint density at radius 3 is 1.52 bits per heavy atom. The Kier molecular flexibility index (Phi) is 8.02. The molecule has 0 aliphatic heterocycles. The third-order valence-electron chi connectivity index (χ3n) is 5.81. The van der Waals surface area contributed by atoms with E-state index in [0.717, 1.165) is 11.8 Å². The van der Waals surface area contributed by atoms with E-state index in [4.69, 9.17) is 8.85 Å². The van der Waals surface area contributed by atoms with Gasteiger partial charge in [-0.05, 0) is 51.4 Å². The molecule has 2 N–H and O–H groups in total. The summed E-state index contributed by atoms with van der Waals surface area (Å²) in [6.45, 7) is 10.2. The van der Waals surface area contributed by atoms with Gasteiger partial charge >= 0.3 is 8.88 Å². The molecule has 2 aliphatic rings. The van der Waals surface area contributed by atoms with E-state index >= 15 is 0 Å². The minimum absolute atomic E-state index is 0.554. The van der Waals surface area contributed by atoms with Crippen molar-refractivity contribution in [3.8, 4) is 0 Å². The first-order valence-corrected chi connectivity index (χ1v) is 11.8. The molecule has 0 radical (unpaired) electrons. The summed E-state index contributed by atoms with van der Waals surface area (Å²) < 4.78 is 12.5. The summed E-state index contributed by atoms with van der Waals surface area (Å²) in [5, 5.41) is 0. The van der Waals surface area contributed by atoms with Gasteiger partial charge < -0.3 is 8.85 Å². The maximum absolute atomic E-state index is 6.27. The molecule has 0 aromatic rings. The molecule has 0 bridgehead atoms. The fourth-order valence-corrected chi connectivity index (χ4v) is 7.63. The summed E-state index contributed by atoms with van der Waals surface area (Å²) in [4.78, 5) is 7.77.